The van der Waals surface area contributed by atoms with Gasteiger partial charge in [-0.1, -0.05) is 32.9 Å². The van der Waals surface area contributed by atoms with Crippen molar-refractivity contribution in [3.8, 4) is 0 Å². The number of hydrogen-bond acceptors (Lipinski definition) is 4. The Bertz CT molecular complexity index is 655. The number of rotatable bonds is 8. The van der Waals surface area contributed by atoms with Crippen molar-refractivity contribution in [3.63, 3.8) is 0 Å². The molecule has 1 aromatic rings. The molecule has 0 aromatic heterocycles. The van der Waals surface area contributed by atoms with Gasteiger partial charge in [-0.25, -0.2) is 4.79 Å². The molecule has 7 heteroatoms. The average molecular weight is 346 g/mol. The highest BCUT2D eigenvalue weighted by molar-refractivity contribution is 6.10. The summed E-state index contributed by atoms with van der Waals surface area (Å²) >= 11 is 0. The minimum Gasteiger partial charge on any atom is -0.325 e. The first kappa shape index (κ1) is 18.9. The summed E-state index contributed by atoms with van der Waals surface area (Å²) in [5.41, 5.74) is 0.804. The second kappa shape index (κ2) is 8.11. The highest BCUT2D eigenvalue weighted by Crippen LogP contribution is 2.24. The number of urea groups is 1. The minimum absolute atomic E-state index is 0.288. The van der Waals surface area contributed by atoms with Gasteiger partial charge in [-0.15, -0.1) is 0 Å². The number of anilines is 1. The molecule has 0 atom stereocenters. The van der Waals surface area contributed by atoms with Gasteiger partial charge in [0.2, 0.25) is 5.91 Å². The fourth-order valence-corrected chi connectivity index (χ4v) is 2.92. The molecule has 4 amide bonds. The summed E-state index contributed by atoms with van der Waals surface area (Å²) < 4.78 is 0. The van der Waals surface area contributed by atoms with Crippen LogP contribution in [-0.2, 0) is 16.1 Å². The molecular weight excluding hydrogens is 320 g/mol. The lowest BCUT2D eigenvalue weighted by molar-refractivity contribution is -0.134. The molecule has 0 bridgehead atoms. The second-order valence-corrected chi connectivity index (χ2v) is 6.14. The van der Waals surface area contributed by atoms with Crippen LogP contribution in [0.25, 0.3) is 0 Å². The molecule has 1 aliphatic heterocycles. The lowest BCUT2D eigenvalue weighted by Gasteiger charge is -2.23. The Morgan fingerprint density at radius 3 is 2.52 bits per heavy atom. The van der Waals surface area contributed by atoms with Gasteiger partial charge < -0.3 is 16.0 Å². The lowest BCUT2D eigenvalue weighted by atomic mass is 9.93. The van der Waals surface area contributed by atoms with E-state index in [1.807, 2.05) is 39.0 Å². The van der Waals surface area contributed by atoms with Crippen molar-refractivity contribution in [2.75, 3.05) is 18.4 Å². The molecule has 0 saturated carbocycles. The monoisotopic (exact) mass is 346 g/mol. The summed E-state index contributed by atoms with van der Waals surface area (Å²) in [6.07, 6.45) is 0.997. The predicted molar refractivity (Wildman–Crippen MR) is 96.0 cm³/mol. The molecule has 7 nitrogen and oxygen atoms in total. The van der Waals surface area contributed by atoms with Crippen LogP contribution in [0.3, 0.4) is 0 Å². The van der Waals surface area contributed by atoms with Crippen LogP contribution in [0.1, 0.15) is 39.2 Å². The van der Waals surface area contributed by atoms with E-state index < -0.39 is 17.5 Å². The zero-order valence-corrected chi connectivity index (χ0v) is 15.0. The molecule has 2 rings (SSSR count). The number of hydrogen-bond donors (Lipinski definition) is 3. The van der Waals surface area contributed by atoms with Crippen molar-refractivity contribution in [2.24, 2.45) is 0 Å². The third kappa shape index (κ3) is 4.17. The quantitative estimate of drug-likeness (QED) is 0.627. The third-order valence-corrected chi connectivity index (χ3v) is 4.54. The van der Waals surface area contributed by atoms with Crippen LogP contribution < -0.4 is 16.0 Å². The third-order valence-electron chi connectivity index (χ3n) is 4.54. The van der Waals surface area contributed by atoms with Gasteiger partial charge in [0.15, 0.2) is 0 Å². The van der Waals surface area contributed by atoms with Crippen LogP contribution >= 0.6 is 0 Å². The SMILES string of the molecule is CCNCc1cccc(NC(=O)CN2C(=O)NC(CC)(CC)C2=O)c1. The molecule has 0 radical (unpaired) electrons. The van der Waals surface area contributed by atoms with Gasteiger partial charge in [0, 0.05) is 12.2 Å². The van der Waals surface area contributed by atoms with E-state index in [1.165, 1.54) is 0 Å². The van der Waals surface area contributed by atoms with E-state index in [2.05, 4.69) is 16.0 Å². The van der Waals surface area contributed by atoms with Crippen LogP contribution in [0.15, 0.2) is 24.3 Å². The fourth-order valence-electron chi connectivity index (χ4n) is 2.92. The number of carbonyl (C=O) groups is 3. The van der Waals surface area contributed by atoms with E-state index in [0.717, 1.165) is 17.0 Å². The van der Waals surface area contributed by atoms with Gasteiger partial charge in [-0.05, 0) is 37.1 Å². The van der Waals surface area contributed by atoms with Gasteiger partial charge in [0.1, 0.15) is 12.1 Å². The van der Waals surface area contributed by atoms with E-state index in [4.69, 9.17) is 0 Å². The number of nitrogens with one attached hydrogen (secondary N) is 3. The Hall–Kier alpha value is -2.41. The molecule has 3 N–H and O–H groups in total. The first-order valence-corrected chi connectivity index (χ1v) is 8.69. The van der Waals surface area contributed by atoms with Crippen molar-refractivity contribution >= 4 is 23.5 Å². The van der Waals surface area contributed by atoms with Crippen molar-refractivity contribution in [2.45, 2.75) is 45.7 Å². The zero-order valence-electron chi connectivity index (χ0n) is 15.0. The number of amides is 4. The zero-order chi connectivity index (χ0) is 18.4. The van der Waals surface area contributed by atoms with Gasteiger partial charge in [-0.2, -0.15) is 0 Å². The van der Waals surface area contributed by atoms with Crippen LogP contribution in [0.2, 0.25) is 0 Å². The Labute approximate surface area is 148 Å². The van der Waals surface area contributed by atoms with Crippen LogP contribution in [0.4, 0.5) is 10.5 Å². The first-order chi connectivity index (χ1) is 12.0. The lowest BCUT2D eigenvalue weighted by Crippen LogP contribution is -2.46. The summed E-state index contributed by atoms with van der Waals surface area (Å²) in [4.78, 5) is 37.9. The molecule has 0 aliphatic carbocycles. The van der Waals surface area contributed by atoms with Crippen LogP contribution in [-0.4, -0.2) is 41.4 Å². The molecule has 25 heavy (non-hydrogen) atoms. The molecule has 1 aliphatic rings. The number of benzene rings is 1. The number of carbonyl (C=O) groups excluding carboxylic acids is 3. The largest absolute Gasteiger partial charge is 0.325 e. The highest BCUT2D eigenvalue weighted by atomic mass is 16.2. The van der Waals surface area contributed by atoms with E-state index in [-0.39, 0.29) is 12.5 Å². The van der Waals surface area contributed by atoms with E-state index in [9.17, 15) is 14.4 Å². The smallest absolute Gasteiger partial charge is 0.325 e. The molecule has 1 heterocycles. The maximum Gasteiger partial charge on any atom is 0.325 e. The summed E-state index contributed by atoms with van der Waals surface area (Å²) in [5, 5.41) is 8.69. The average Bonchev–Trinajstić information content (AvgIpc) is 2.85. The van der Waals surface area contributed by atoms with Crippen LogP contribution in [0.5, 0.6) is 0 Å². The van der Waals surface area contributed by atoms with Crippen LogP contribution in [0, 0.1) is 0 Å². The Kier molecular flexibility index (Phi) is 6.14. The summed E-state index contributed by atoms with van der Waals surface area (Å²) in [5.74, 6) is -0.731. The predicted octanol–water partition coefficient (Wildman–Crippen LogP) is 1.85. The van der Waals surface area contributed by atoms with Gasteiger partial charge in [-0.3, -0.25) is 14.5 Å². The highest BCUT2D eigenvalue weighted by Gasteiger charge is 2.49. The molecule has 0 unspecified atom stereocenters. The molecule has 0 spiro atoms. The van der Waals surface area contributed by atoms with Crippen molar-refractivity contribution in [1.29, 1.82) is 0 Å². The number of nitrogens with zero attached hydrogens (tertiary/aromatic N) is 1. The maximum absolute atomic E-state index is 12.5. The fraction of sp³-hybridized carbons (Fsp3) is 0.500. The molecule has 1 saturated heterocycles. The summed E-state index contributed by atoms with van der Waals surface area (Å²) in [7, 11) is 0. The molecule has 1 fully saturated rings. The molecule has 1 aromatic carbocycles. The molecule has 136 valence electrons. The van der Waals surface area contributed by atoms with Crippen molar-refractivity contribution in [1.82, 2.24) is 15.5 Å². The number of imide groups is 1. The summed E-state index contributed by atoms with van der Waals surface area (Å²) in [6.45, 7) is 7.00. The summed E-state index contributed by atoms with van der Waals surface area (Å²) in [6, 6.07) is 6.96. The second-order valence-electron chi connectivity index (χ2n) is 6.14. The van der Waals surface area contributed by atoms with Crippen molar-refractivity contribution < 1.29 is 14.4 Å². The van der Waals surface area contributed by atoms with Gasteiger partial charge in [0.25, 0.3) is 5.91 Å². The Morgan fingerprint density at radius 1 is 1.20 bits per heavy atom. The van der Waals surface area contributed by atoms with E-state index >= 15 is 0 Å². The van der Waals surface area contributed by atoms with E-state index in [0.29, 0.717) is 25.1 Å². The van der Waals surface area contributed by atoms with E-state index in [1.54, 1.807) is 6.07 Å². The standard InChI is InChI=1S/C18H26N4O3/c1-4-18(5-2)16(24)22(17(25)21-18)12-15(23)20-14-9-7-8-13(10-14)11-19-6-3/h7-10,19H,4-6,11-12H2,1-3H3,(H,20,23)(H,21,25). The van der Waals surface area contributed by atoms with Gasteiger partial charge in [0.05, 0.1) is 0 Å². The maximum atomic E-state index is 12.5. The topological polar surface area (TPSA) is 90.5 Å². The minimum atomic E-state index is -0.886. The first-order valence-electron chi connectivity index (χ1n) is 8.69. The van der Waals surface area contributed by atoms with Crippen molar-refractivity contribution in [3.05, 3.63) is 29.8 Å². The normalized spacial score (nSPS) is 16.0. The molecular formula is C18H26N4O3. The Morgan fingerprint density at radius 2 is 1.92 bits per heavy atom. The van der Waals surface area contributed by atoms with Gasteiger partial charge >= 0.3 is 6.03 Å². The Balaban J connectivity index is 2.01.